The minimum atomic E-state index is -0.380. The number of thioether (sulfide) groups is 1. The van der Waals surface area contributed by atoms with Gasteiger partial charge in [0, 0.05) is 25.9 Å². The van der Waals surface area contributed by atoms with Gasteiger partial charge in [0.05, 0.1) is 17.9 Å². The molecule has 1 amide bonds. The van der Waals surface area contributed by atoms with E-state index in [1.807, 2.05) is 11.5 Å². The molecule has 1 N–H and O–H groups in total. The number of rotatable bonds is 10. The van der Waals surface area contributed by atoms with E-state index in [2.05, 4.69) is 15.5 Å². The van der Waals surface area contributed by atoms with Crippen LogP contribution in [0.15, 0.2) is 29.4 Å². The van der Waals surface area contributed by atoms with Crippen molar-refractivity contribution >= 4 is 29.3 Å². The second-order valence-electron chi connectivity index (χ2n) is 5.66. The lowest BCUT2D eigenvalue weighted by Gasteiger charge is -2.08. The first-order valence-electron chi connectivity index (χ1n) is 8.63. The van der Waals surface area contributed by atoms with Gasteiger partial charge in [-0.1, -0.05) is 11.8 Å². The summed E-state index contributed by atoms with van der Waals surface area (Å²) in [6.45, 7) is 5.36. The predicted molar refractivity (Wildman–Crippen MR) is 103 cm³/mol. The number of aryl methyl sites for hydroxylation is 1. The number of hydrogen-bond acceptors (Lipinski definition) is 7. The molecule has 0 fully saturated rings. The summed E-state index contributed by atoms with van der Waals surface area (Å²) >= 11 is 1.33. The molecule has 9 heteroatoms. The van der Waals surface area contributed by atoms with Crippen molar-refractivity contribution in [1.82, 2.24) is 14.8 Å². The highest BCUT2D eigenvalue weighted by molar-refractivity contribution is 7.99. The second-order valence-corrected chi connectivity index (χ2v) is 6.60. The van der Waals surface area contributed by atoms with Crippen LogP contribution in [-0.2, 0) is 20.8 Å². The molecular weight excluding hydrogens is 368 g/mol. The van der Waals surface area contributed by atoms with E-state index in [4.69, 9.17) is 9.47 Å². The quantitative estimate of drug-likeness (QED) is 0.377. The summed E-state index contributed by atoms with van der Waals surface area (Å²) in [5.41, 5.74) is 1.07. The zero-order chi connectivity index (χ0) is 19.6. The summed E-state index contributed by atoms with van der Waals surface area (Å²) < 4.78 is 12.0. The second kappa shape index (κ2) is 10.7. The van der Waals surface area contributed by atoms with Crippen LogP contribution in [0, 0.1) is 6.92 Å². The molecule has 0 aliphatic heterocycles. The van der Waals surface area contributed by atoms with Crippen LogP contribution in [0.5, 0.6) is 0 Å². The number of nitrogens with zero attached hydrogens (tertiary/aromatic N) is 3. The Morgan fingerprint density at radius 2 is 1.96 bits per heavy atom. The van der Waals surface area contributed by atoms with Crippen LogP contribution in [0.25, 0.3) is 0 Å². The van der Waals surface area contributed by atoms with Crippen molar-refractivity contribution in [3.63, 3.8) is 0 Å². The molecule has 1 aromatic heterocycles. The Morgan fingerprint density at radius 3 is 2.63 bits per heavy atom. The lowest BCUT2D eigenvalue weighted by molar-refractivity contribution is -0.113. The largest absolute Gasteiger partial charge is 0.462 e. The number of methoxy groups -OCH3 is 1. The van der Waals surface area contributed by atoms with Crippen LogP contribution < -0.4 is 5.32 Å². The number of carbonyl (C=O) groups excluding carboxylic acids is 2. The zero-order valence-electron chi connectivity index (χ0n) is 15.7. The summed E-state index contributed by atoms with van der Waals surface area (Å²) in [5.74, 6) is 0.479. The Balaban J connectivity index is 1.87. The number of amides is 1. The molecule has 0 bridgehead atoms. The number of nitrogens with one attached hydrogen (secondary N) is 1. The highest BCUT2D eigenvalue weighted by Gasteiger charge is 2.12. The number of esters is 1. The number of benzene rings is 1. The molecule has 0 atom stereocenters. The van der Waals surface area contributed by atoms with Crippen molar-refractivity contribution in [1.29, 1.82) is 0 Å². The first-order chi connectivity index (χ1) is 13.0. The Bertz CT molecular complexity index is 761. The molecule has 2 rings (SSSR count). The van der Waals surface area contributed by atoms with Crippen LogP contribution in [0.3, 0.4) is 0 Å². The fraction of sp³-hybridized carbons (Fsp3) is 0.444. The topological polar surface area (TPSA) is 95.3 Å². The monoisotopic (exact) mass is 392 g/mol. The maximum absolute atomic E-state index is 12.2. The summed E-state index contributed by atoms with van der Waals surface area (Å²) in [7, 11) is 1.66. The van der Waals surface area contributed by atoms with Crippen LogP contribution in [0.1, 0.15) is 29.5 Å². The van der Waals surface area contributed by atoms with Crippen molar-refractivity contribution < 1.29 is 19.1 Å². The van der Waals surface area contributed by atoms with Crippen molar-refractivity contribution in [2.45, 2.75) is 32.0 Å². The minimum Gasteiger partial charge on any atom is -0.462 e. The predicted octanol–water partition coefficient (Wildman–Crippen LogP) is 2.53. The molecule has 0 radical (unpaired) electrons. The molecule has 8 nitrogen and oxygen atoms in total. The van der Waals surface area contributed by atoms with Crippen molar-refractivity contribution in [2.75, 3.05) is 31.4 Å². The fourth-order valence-corrected chi connectivity index (χ4v) is 3.13. The third kappa shape index (κ3) is 6.37. The van der Waals surface area contributed by atoms with Gasteiger partial charge in [-0.15, -0.1) is 10.2 Å². The standard InChI is InChI=1S/C18H24N4O4S/c1-4-26-17(24)14-6-8-15(9-7-14)19-16(23)12-27-18-21-20-13(2)22(18)10-5-11-25-3/h6-9H,4-5,10-12H2,1-3H3,(H,19,23). The highest BCUT2D eigenvalue weighted by Crippen LogP contribution is 2.18. The van der Waals surface area contributed by atoms with E-state index in [1.165, 1.54) is 11.8 Å². The summed E-state index contributed by atoms with van der Waals surface area (Å²) in [4.78, 5) is 23.8. The molecule has 0 aliphatic rings. The lowest BCUT2D eigenvalue weighted by Crippen LogP contribution is -2.15. The normalized spacial score (nSPS) is 10.6. The summed E-state index contributed by atoms with van der Waals surface area (Å²) in [6.07, 6.45) is 0.849. The van der Waals surface area contributed by atoms with E-state index in [-0.39, 0.29) is 17.6 Å². The molecule has 0 saturated heterocycles. The van der Waals surface area contributed by atoms with E-state index in [0.717, 1.165) is 18.8 Å². The summed E-state index contributed by atoms with van der Waals surface area (Å²) in [6, 6.07) is 6.59. The first-order valence-corrected chi connectivity index (χ1v) is 9.62. The van der Waals surface area contributed by atoms with Gasteiger partial charge in [0.15, 0.2) is 5.16 Å². The van der Waals surface area contributed by atoms with E-state index < -0.39 is 0 Å². The van der Waals surface area contributed by atoms with E-state index in [1.54, 1.807) is 38.3 Å². The highest BCUT2D eigenvalue weighted by atomic mass is 32.2. The van der Waals surface area contributed by atoms with Gasteiger partial charge in [-0.05, 0) is 44.5 Å². The average Bonchev–Trinajstić information content (AvgIpc) is 3.01. The van der Waals surface area contributed by atoms with Crippen molar-refractivity contribution in [2.24, 2.45) is 0 Å². The Morgan fingerprint density at radius 1 is 1.22 bits per heavy atom. The Kier molecular flexibility index (Phi) is 8.28. The van der Waals surface area contributed by atoms with Gasteiger partial charge >= 0.3 is 5.97 Å². The lowest BCUT2D eigenvalue weighted by atomic mass is 10.2. The maximum Gasteiger partial charge on any atom is 0.338 e. The maximum atomic E-state index is 12.2. The van der Waals surface area contributed by atoms with Crippen LogP contribution in [-0.4, -0.2) is 52.7 Å². The molecule has 146 valence electrons. The van der Waals surface area contributed by atoms with E-state index in [0.29, 0.717) is 29.6 Å². The molecule has 1 aromatic carbocycles. The number of ether oxygens (including phenoxy) is 2. The Labute approximate surface area is 162 Å². The summed E-state index contributed by atoms with van der Waals surface area (Å²) in [5, 5.41) is 11.7. The number of carbonyl (C=O) groups is 2. The Hall–Kier alpha value is -2.39. The molecule has 2 aromatic rings. The van der Waals surface area contributed by atoms with Crippen LogP contribution in [0.2, 0.25) is 0 Å². The number of anilines is 1. The van der Waals surface area contributed by atoms with Gasteiger partial charge in [0.1, 0.15) is 5.82 Å². The third-order valence-corrected chi connectivity index (χ3v) is 4.61. The van der Waals surface area contributed by atoms with Gasteiger partial charge < -0.3 is 19.4 Å². The van der Waals surface area contributed by atoms with Crippen molar-refractivity contribution in [3.8, 4) is 0 Å². The zero-order valence-corrected chi connectivity index (χ0v) is 16.5. The van der Waals surface area contributed by atoms with Crippen LogP contribution >= 0.6 is 11.8 Å². The molecular formula is C18H24N4O4S. The molecule has 0 saturated carbocycles. The minimum absolute atomic E-state index is 0.159. The van der Waals surface area contributed by atoms with E-state index in [9.17, 15) is 9.59 Å². The van der Waals surface area contributed by atoms with Gasteiger partial charge in [-0.25, -0.2) is 4.79 Å². The van der Waals surface area contributed by atoms with Gasteiger partial charge in [-0.2, -0.15) is 0 Å². The number of hydrogen-bond donors (Lipinski definition) is 1. The third-order valence-electron chi connectivity index (χ3n) is 3.64. The van der Waals surface area contributed by atoms with Crippen LogP contribution in [0.4, 0.5) is 5.69 Å². The van der Waals surface area contributed by atoms with Gasteiger partial charge in [0.2, 0.25) is 5.91 Å². The molecule has 0 unspecified atom stereocenters. The average molecular weight is 392 g/mol. The number of aromatic nitrogens is 3. The molecule has 27 heavy (non-hydrogen) atoms. The SMILES string of the molecule is CCOC(=O)c1ccc(NC(=O)CSc2nnc(C)n2CCCOC)cc1. The van der Waals surface area contributed by atoms with Gasteiger partial charge in [0.25, 0.3) is 0 Å². The fourth-order valence-electron chi connectivity index (χ4n) is 2.32. The molecule has 0 aliphatic carbocycles. The van der Waals surface area contributed by atoms with Gasteiger partial charge in [-0.3, -0.25) is 4.79 Å². The van der Waals surface area contributed by atoms with Crippen molar-refractivity contribution in [3.05, 3.63) is 35.7 Å². The first kappa shape index (κ1) is 20.9. The molecule has 0 spiro atoms. The smallest absolute Gasteiger partial charge is 0.338 e. The van der Waals surface area contributed by atoms with E-state index >= 15 is 0 Å². The molecule has 1 heterocycles.